The lowest BCUT2D eigenvalue weighted by molar-refractivity contribution is 0.00815. The predicted octanol–water partition coefficient (Wildman–Crippen LogP) is 4.34. The Morgan fingerprint density at radius 3 is 2.38 bits per heavy atom. The smallest absolute Gasteiger partial charge is 0.0309 e. The molecule has 2 saturated carbocycles. The average Bonchev–Trinajstić information content (AvgIpc) is 2.98. The molecule has 2 nitrogen and oxygen atoms in total. The van der Waals surface area contributed by atoms with E-state index in [1.807, 2.05) is 0 Å². The first-order valence-electron chi connectivity index (χ1n) is 9.79. The van der Waals surface area contributed by atoms with Gasteiger partial charge < -0.3 is 5.32 Å². The van der Waals surface area contributed by atoms with Crippen molar-refractivity contribution in [3.05, 3.63) is 0 Å². The van der Waals surface area contributed by atoms with Crippen LogP contribution in [0.5, 0.6) is 0 Å². The summed E-state index contributed by atoms with van der Waals surface area (Å²) < 4.78 is 0. The Balaban J connectivity index is 1.73. The van der Waals surface area contributed by atoms with Crippen molar-refractivity contribution < 1.29 is 0 Å². The largest absolute Gasteiger partial charge is 0.308 e. The van der Waals surface area contributed by atoms with E-state index in [2.05, 4.69) is 24.1 Å². The zero-order valence-corrected chi connectivity index (χ0v) is 14.4. The van der Waals surface area contributed by atoms with Crippen LogP contribution in [0, 0.1) is 5.92 Å². The molecule has 3 fully saturated rings. The van der Waals surface area contributed by atoms with Crippen molar-refractivity contribution in [2.45, 2.75) is 102 Å². The van der Waals surface area contributed by atoms with Crippen molar-refractivity contribution in [1.82, 2.24) is 10.2 Å². The first kappa shape index (κ1) is 15.8. The highest BCUT2D eigenvalue weighted by Gasteiger charge is 2.43. The fourth-order valence-corrected chi connectivity index (χ4v) is 5.50. The maximum atomic E-state index is 3.97. The lowest BCUT2D eigenvalue weighted by Gasteiger charge is -2.51. The van der Waals surface area contributed by atoms with E-state index in [0.717, 1.165) is 18.0 Å². The molecule has 2 heteroatoms. The van der Waals surface area contributed by atoms with Gasteiger partial charge in [0.2, 0.25) is 0 Å². The van der Waals surface area contributed by atoms with Gasteiger partial charge in [-0.15, -0.1) is 0 Å². The molecule has 122 valence electrons. The third kappa shape index (κ3) is 3.32. The maximum Gasteiger partial charge on any atom is 0.0309 e. The van der Waals surface area contributed by atoms with E-state index in [-0.39, 0.29) is 0 Å². The van der Waals surface area contributed by atoms with Gasteiger partial charge in [-0.1, -0.05) is 46.0 Å². The summed E-state index contributed by atoms with van der Waals surface area (Å²) in [6.45, 7) is 7.40. The summed E-state index contributed by atoms with van der Waals surface area (Å²) in [6, 6.07) is 1.64. The molecule has 0 aromatic rings. The SMILES string of the molecule is CCC1CNC2(CCCC2)CN1C(CC)C1CCCCC1. The number of nitrogens with one attached hydrogen (secondary N) is 1. The van der Waals surface area contributed by atoms with Crippen molar-refractivity contribution in [3.8, 4) is 0 Å². The molecule has 2 aliphatic carbocycles. The van der Waals surface area contributed by atoms with Crippen LogP contribution in [-0.4, -0.2) is 35.6 Å². The van der Waals surface area contributed by atoms with Gasteiger partial charge in [-0.3, -0.25) is 4.90 Å². The number of rotatable bonds is 4. The molecule has 2 atom stereocenters. The molecule has 1 saturated heterocycles. The summed E-state index contributed by atoms with van der Waals surface area (Å²) >= 11 is 0. The average molecular weight is 293 g/mol. The predicted molar refractivity (Wildman–Crippen MR) is 90.6 cm³/mol. The maximum absolute atomic E-state index is 3.97. The summed E-state index contributed by atoms with van der Waals surface area (Å²) in [5.41, 5.74) is 0.480. The summed E-state index contributed by atoms with van der Waals surface area (Å²) in [4.78, 5) is 2.97. The standard InChI is InChI=1S/C19H36N2/c1-3-17-14-20-19(12-8-9-13-19)15-21(17)18(4-2)16-10-6-5-7-11-16/h16-18,20H,3-15H2,1-2H3. The van der Waals surface area contributed by atoms with E-state index in [0.29, 0.717) is 5.54 Å². The molecule has 1 N–H and O–H groups in total. The van der Waals surface area contributed by atoms with Crippen LogP contribution in [0.15, 0.2) is 0 Å². The topological polar surface area (TPSA) is 15.3 Å². The molecule has 0 aromatic carbocycles. The van der Waals surface area contributed by atoms with Crippen LogP contribution in [0.25, 0.3) is 0 Å². The van der Waals surface area contributed by atoms with Crippen LogP contribution in [0.3, 0.4) is 0 Å². The van der Waals surface area contributed by atoms with Crippen molar-refractivity contribution in [2.75, 3.05) is 13.1 Å². The van der Waals surface area contributed by atoms with E-state index >= 15 is 0 Å². The molecule has 1 heterocycles. The van der Waals surface area contributed by atoms with Gasteiger partial charge in [0.15, 0.2) is 0 Å². The van der Waals surface area contributed by atoms with Gasteiger partial charge in [0.1, 0.15) is 0 Å². The molecule has 2 unspecified atom stereocenters. The normalized spacial score (nSPS) is 32.6. The number of hydrogen-bond donors (Lipinski definition) is 1. The quantitative estimate of drug-likeness (QED) is 0.829. The van der Waals surface area contributed by atoms with Crippen molar-refractivity contribution in [3.63, 3.8) is 0 Å². The van der Waals surface area contributed by atoms with Gasteiger partial charge in [-0.25, -0.2) is 0 Å². The summed E-state index contributed by atoms with van der Waals surface area (Å²) in [5.74, 6) is 0.981. The highest BCUT2D eigenvalue weighted by Crippen LogP contribution is 2.38. The molecular formula is C19H36N2. The molecule has 21 heavy (non-hydrogen) atoms. The van der Waals surface area contributed by atoms with E-state index in [1.54, 1.807) is 0 Å². The summed E-state index contributed by atoms with van der Waals surface area (Å²) in [5, 5.41) is 3.97. The van der Waals surface area contributed by atoms with Gasteiger partial charge in [0, 0.05) is 30.7 Å². The van der Waals surface area contributed by atoms with Crippen LogP contribution >= 0.6 is 0 Å². The molecule has 3 aliphatic rings. The van der Waals surface area contributed by atoms with Crippen LogP contribution in [-0.2, 0) is 0 Å². The van der Waals surface area contributed by atoms with Crippen molar-refractivity contribution in [1.29, 1.82) is 0 Å². The third-order valence-electron chi connectivity index (χ3n) is 6.74. The second-order valence-electron chi connectivity index (χ2n) is 7.98. The van der Waals surface area contributed by atoms with E-state index in [9.17, 15) is 0 Å². The van der Waals surface area contributed by atoms with Crippen molar-refractivity contribution >= 4 is 0 Å². The molecule has 0 bridgehead atoms. The van der Waals surface area contributed by atoms with Gasteiger partial charge >= 0.3 is 0 Å². The van der Waals surface area contributed by atoms with Gasteiger partial charge in [0.25, 0.3) is 0 Å². The summed E-state index contributed by atoms with van der Waals surface area (Å²) in [6.07, 6.45) is 15.8. The van der Waals surface area contributed by atoms with E-state index in [1.165, 1.54) is 83.7 Å². The van der Waals surface area contributed by atoms with Crippen LogP contribution in [0.1, 0.15) is 84.5 Å². The fraction of sp³-hybridized carbons (Fsp3) is 1.00. The molecule has 0 radical (unpaired) electrons. The Morgan fingerprint density at radius 2 is 1.76 bits per heavy atom. The number of nitrogens with zero attached hydrogens (tertiary/aromatic N) is 1. The van der Waals surface area contributed by atoms with Gasteiger partial charge in [-0.05, 0) is 44.4 Å². The highest BCUT2D eigenvalue weighted by atomic mass is 15.3. The zero-order valence-electron chi connectivity index (χ0n) is 14.4. The van der Waals surface area contributed by atoms with Crippen molar-refractivity contribution in [2.24, 2.45) is 5.92 Å². The fourth-order valence-electron chi connectivity index (χ4n) is 5.50. The highest BCUT2D eigenvalue weighted by molar-refractivity contribution is 5.02. The Morgan fingerprint density at radius 1 is 1.05 bits per heavy atom. The number of piperazine rings is 1. The van der Waals surface area contributed by atoms with Gasteiger partial charge in [0.05, 0.1) is 0 Å². The first-order chi connectivity index (χ1) is 10.3. The first-order valence-corrected chi connectivity index (χ1v) is 9.79. The Bertz CT molecular complexity index is 316. The Hall–Kier alpha value is -0.0800. The third-order valence-corrected chi connectivity index (χ3v) is 6.74. The minimum Gasteiger partial charge on any atom is -0.308 e. The van der Waals surface area contributed by atoms with Crippen LogP contribution in [0.2, 0.25) is 0 Å². The van der Waals surface area contributed by atoms with E-state index < -0.39 is 0 Å². The lowest BCUT2D eigenvalue weighted by Crippen LogP contribution is -2.66. The molecule has 1 spiro atoms. The van der Waals surface area contributed by atoms with Crippen LogP contribution in [0.4, 0.5) is 0 Å². The van der Waals surface area contributed by atoms with E-state index in [4.69, 9.17) is 0 Å². The van der Waals surface area contributed by atoms with Gasteiger partial charge in [-0.2, -0.15) is 0 Å². The summed E-state index contributed by atoms with van der Waals surface area (Å²) in [7, 11) is 0. The second kappa shape index (κ2) is 7.00. The molecule has 3 rings (SSSR count). The molecule has 0 amide bonds. The van der Waals surface area contributed by atoms with Crippen LogP contribution < -0.4 is 5.32 Å². The lowest BCUT2D eigenvalue weighted by atomic mass is 9.80. The molecular weight excluding hydrogens is 256 g/mol. The Labute approximate surface area is 132 Å². The minimum atomic E-state index is 0.480. The Kier molecular flexibility index (Phi) is 5.27. The number of hydrogen-bond acceptors (Lipinski definition) is 2. The minimum absolute atomic E-state index is 0.480. The monoisotopic (exact) mass is 292 g/mol. The molecule has 0 aromatic heterocycles. The zero-order chi connectivity index (χ0) is 14.7. The molecule has 1 aliphatic heterocycles. The second-order valence-corrected chi connectivity index (χ2v) is 7.98.